The average Bonchev–Trinajstić information content (AvgIpc) is 2.88. The van der Waals surface area contributed by atoms with E-state index in [-0.39, 0.29) is 59.1 Å². The van der Waals surface area contributed by atoms with E-state index in [1.807, 2.05) is 0 Å². The molecule has 0 aromatic heterocycles. The molecule has 0 aliphatic heterocycles. The Labute approximate surface area is 162 Å². The number of hydrogen-bond donors (Lipinski definition) is 0. The minimum Gasteiger partial charge on any atom is -0.545 e. The number of Topliss-reactive ketones (excluding diaryl/α,β-unsaturated/α-hetero) is 1. The third-order valence-corrected chi connectivity index (χ3v) is 3.16. The molecule has 3 atom stereocenters. The van der Waals surface area contributed by atoms with Crippen molar-refractivity contribution in [2.75, 3.05) is 0 Å². The van der Waals surface area contributed by atoms with Crippen LogP contribution >= 0.6 is 0 Å². The number of carbonyl (C=O) groups is 3. The van der Waals surface area contributed by atoms with E-state index < -0.39 is 11.9 Å². The number of aliphatic carboxylic acids is 2. The Bertz CT molecular complexity index is 401. The van der Waals surface area contributed by atoms with Crippen LogP contribution in [0, 0.1) is 17.8 Å². The molecule has 0 aromatic rings. The van der Waals surface area contributed by atoms with Gasteiger partial charge in [0.25, 0.3) is 0 Å². The second-order valence-electron chi connectivity index (χ2n) is 4.47. The zero-order chi connectivity index (χ0) is 13.7. The normalized spacial score (nSPS) is 25.1. The number of hydrogen-bond acceptors (Lipinski definition) is 5. The van der Waals surface area contributed by atoms with Gasteiger partial charge in [-0.2, -0.15) is 0 Å². The van der Waals surface area contributed by atoms with E-state index >= 15 is 0 Å². The Morgan fingerprint density at radius 2 is 1.50 bits per heavy atom. The van der Waals surface area contributed by atoms with Crippen molar-refractivity contribution in [3.05, 3.63) is 24.3 Å². The van der Waals surface area contributed by atoms with Gasteiger partial charge in [-0.25, -0.2) is 0 Å². The maximum Gasteiger partial charge on any atom is 1.00 e. The zero-order valence-corrected chi connectivity index (χ0v) is 16.0. The fourth-order valence-corrected chi connectivity index (χ4v) is 2.38. The Morgan fingerprint density at radius 3 is 1.70 bits per heavy atom. The van der Waals surface area contributed by atoms with Crippen LogP contribution in [0.25, 0.3) is 0 Å². The molecule has 0 aromatic carbocycles. The van der Waals surface area contributed by atoms with Gasteiger partial charge in [-0.15, -0.1) is 0 Å². The summed E-state index contributed by atoms with van der Waals surface area (Å²) in [6.07, 6.45) is 7.62. The van der Waals surface area contributed by atoms with Gasteiger partial charge in [0.15, 0.2) is 0 Å². The van der Waals surface area contributed by atoms with E-state index in [1.165, 1.54) is 6.42 Å². The summed E-state index contributed by atoms with van der Waals surface area (Å²) in [6.45, 7) is 1.72. The summed E-state index contributed by atoms with van der Waals surface area (Å²) >= 11 is 0. The Kier molecular flexibility index (Phi) is 12.0. The fourth-order valence-electron chi connectivity index (χ4n) is 2.38. The monoisotopic (exact) mass is 296 g/mol. The molecule has 0 heterocycles. The van der Waals surface area contributed by atoms with Gasteiger partial charge in [-0.1, -0.05) is 12.2 Å². The number of rotatable bonds is 3. The first-order valence-corrected chi connectivity index (χ1v) is 5.69. The number of fused-ring (bicyclic) bond motifs is 2. The second-order valence-corrected chi connectivity index (χ2v) is 4.47. The third kappa shape index (κ3) is 7.76. The maximum atomic E-state index is 11.0. The van der Waals surface area contributed by atoms with Gasteiger partial charge in [0.05, 0.1) is 11.9 Å². The van der Waals surface area contributed by atoms with Gasteiger partial charge in [0.1, 0.15) is 5.78 Å². The van der Waals surface area contributed by atoms with Crippen molar-refractivity contribution >= 4 is 17.7 Å². The topological polar surface area (TPSA) is 97.3 Å². The maximum absolute atomic E-state index is 11.0. The van der Waals surface area contributed by atoms with Crippen LogP contribution in [-0.2, 0) is 14.4 Å². The number of ketones is 1. The molecular weight excluding hydrogens is 282 g/mol. The molecule has 2 aliphatic carbocycles. The first kappa shape index (κ1) is 22.4. The molecule has 2 bridgehead atoms. The number of carboxylic acids is 2. The number of carboxylic acid groups (broad SMARTS) is 2. The van der Waals surface area contributed by atoms with E-state index in [0.717, 1.165) is 12.3 Å². The predicted octanol–water partition coefficient (Wildman–Crippen LogP) is -7.16. The van der Waals surface area contributed by atoms with Crippen LogP contribution in [0.4, 0.5) is 0 Å². The standard InChI is InChI=1S/C9H12O.C4H4O4.2Na/c1-6(10)9-5-7-2-3-8(9)4-7;5-3(6)1-2-4(7)8;;/h2-3,7-9H,4-5H2,1H3;1-2H,(H,5,6)(H,7,8);;/q;;2*+1/p-2/b;2-1-;;. The van der Waals surface area contributed by atoms with E-state index in [9.17, 15) is 24.6 Å². The quantitative estimate of drug-likeness (QED) is 0.293. The summed E-state index contributed by atoms with van der Waals surface area (Å²) < 4.78 is 0. The first-order chi connectivity index (χ1) is 8.40. The van der Waals surface area contributed by atoms with Gasteiger partial charge in [-0.3, -0.25) is 4.79 Å². The molecule has 3 unspecified atom stereocenters. The molecule has 98 valence electrons. The van der Waals surface area contributed by atoms with Crippen LogP contribution in [0.1, 0.15) is 19.8 Å². The van der Waals surface area contributed by atoms with Gasteiger partial charge in [0.2, 0.25) is 0 Å². The van der Waals surface area contributed by atoms with Crippen molar-refractivity contribution in [1.29, 1.82) is 0 Å². The summed E-state index contributed by atoms with van der Waals surface area (Å²) in [4.78, 5) is 29.8. The molecule has 20 heavy (non-hydrogen) atoms. The molecule has 5 nitrogen and oxygen atoms in total. The Hall–Kier alpha value is 0.0900. The number of allylic oxidation sites excluding steroid dienone is 2. The molecule has 0 amide bonds. The third-order valence-electron chi connectivity index (χ3n) is 3.16. The summed E-state index contributed by atoms with van der Waals surface area (Å²) in [5, 5.41) is 18.8. The van der Waals surface area contributed by atoms with Crippen molar-refractivity contribution < 1.29 is 83.7 Å². The zero-order valence-electron chi connectivity index (χ0n) is 12.0. The molecular formula is C13H14Na2O5. The van der Waals surface area contributed by atoms with Crippen LogP contribution in [0.3, 0.4) is 0 Å². The SMILES string of the molecule is CC(=O)C1CC2C=CC1C2.O=C([O-])/C=C\C(=O)[O-].[Na+].[Na+]. The summed E-state index contributed by atoms with van der Waals surface area (Å²) in [5.74, 6) is -1.00. The largest absolute Gasteiger partial charge is 1.00 e. The van der Waals surface area contributed by atoms with E-state index in [0.29, 0.717) is 29.8 Å². The van der Waals surface area contributed by atoms with E-state index in [1.54, 1.807) is 6.92 Å². The van der Waals surface area contributed by atoms with Crippen LogP contribution in [-0.4, -0.2) is 17.7 Å². The molecule has 1 saturated carbocycles. The summed E-state index contributed by atoms with van der Waals surface area (Å²) in [7, 11) is 0. The molecule has 0 saturated heterocycles. The van der Waals surface area contributed by atoms with Crippen molar-refractivity contribution in [2.24, 2.45) is 17.8 Å². The molecule has 1 fully saturated rings. The van der Waals surface area contributed by atoms with E-state index in [4.69, 9.17) is 0 Å². The molecule has 2 aliphatic rings. The molecule has 0 N–H and O–H groups in total. The van der Waals surface area contributed by atoms with Gasteiger partial charge < -0.3 is 19.8 Å². The van der Waals surface area contributed by atoms with Crippen LogP contribution < -0.4 is 69.3 Å². The van der Waals surface area contributed by atoms with Crippen molar-refractivity contribution in [1.82, 2.24) is 0 Å². The van der Waals surface area contributed by atoms with Crippen molar-refractivity contribution in [3.8, 4) is 0 Å². The van der Waals surface area contributed by atoms with Crippen LogP contribution in [0.2, 0.25) is 0 Å². The average molecular weight is 296 g/mol. The predicted molar refractivity (Wildman–Crippen MR) is 58.7 cm³/mol. The van der Waals surface area contributed by atoms with Crippen molar-refractivity contribution in [2.45, 2.75) is 19.8 Å². The second kappa shape index (κ2) is 10.8. The summed E-state index contributed by atoms with van der Waals surface area (Å²) in [5.41, 5.74) is 0. The smallest absolute Gasteiger partial charge is 0.545 e. The van der Waals surface area contributed by atoms with Crippen molar-refractivity contribution in [3.63, 3.8) is 0 Å². The van der Waals surface area contributed by atoms with E-state index in [2.05, 4.69) is 12.2 Å². The molecule has 0 spiro atoms. The molecule has 2 rings (SSSR count). The summed E-state index contributed by atoms with van der Waals surface area (Å²) in [6, 6.07) is 0. The fraction of sp³-hybridized carbons (Fsp3) is 0.462. The van der Waals surface area contributed by atoms with Gasteiger partial charge in [-0.05, 0) is 43.8 Å². The Balaban J connectivity index is 0. The molecule has 7 heteroatoms. The minimum atomic E-state index is -1.55. The minimum absolute atomic E-state index is 0. The van der Waals surface area contributed by atoms with Crippen LogP contribution in [0.15, 0.2) is 24.3 Å². The van der Waals surface area contributed by atoms with Gasteiger partial charge in [0, 0.05) is 5.92 Å². The number of carbonyl (C=O) groups excluding carboxylic acids is 3. The Morgan fingerprint density at radius 1 is 1.00 bits per heavy atom. The van der Waals surface area contributed by atoms with Gasteiger partial charge >= 0.3 is 59.1 Å². The van der Waals surface area contributed by atoms with Crippen LogP contribution in [0.5, 0.6) is 0 Å². The molecule has 0 radical (unpaired) electrons. The first-order valence-electron chi connectivity index (χ1n) is 5.69.